The molecule has 1 amide bonds. The first-order valence-corrected chi connectivity index (χ1v) is 8.03. The summed E-state index contributed by atoms with van der Waals surface area (Å²) in [7, 11) is 0. The highest BCUT2D eigenvalue weighted by Gasteiger charge is 2.32. The van der Waals surface area contributed by atoms with Gasteiger partial charge in [-0.1, -0.05) is 0 Å². The normalized spacial score (nSPS) is 20.9. The van der Waals surface area contributed by atoms with E-state index < -0.39 is 0 Å². The van der Waals surface area contributed by atoms with Crippen LogP contribution < -0.4 is 11.1 Å². The number of nitrogen functional groups attached to an aromatic ring is 1. The summed E-state index contributed by atoms with van der Waals surface area (Å²) in [5.74, 6) is -0.00410. The third kappa shape index (κ3) is 3.15. The van der Waals surface area contributed by atoms with Crippen LogP contribution in [-0.4, -0.2) is 36.0 Å². The molecular formula is C15H20BrN3O. The molecule has 1 aliphatic heterocycles. The smallest absolute Gasteiger partial charge is 0.251 e. The number of carbonyl (C=O) groups excluding carboxylic acids is 1. The van der Waals surface area contributed by atoms with Gasteiger partial charge in [-0.2, -0.15) is 0 Å². The van der Waals surface area contributed by atoms with Crippen LogP contribution in [0.5, 0.6) is 0 Å². The number of anilines is 1. The van der Waals surface area contributed by atoms with Crippen molar-refractivity contribution in [2.24, 2.45) is 0 Å². The maximum Gasteiger partial charge on any atom is 0.251 e. The molecule has 0 bridgehead atoms. The lowest BCUT2D eigenvalue weighted by molar-refractivity contribution is 0.0909. The summed E-state index contributed by atoms with van der Waals surface area (Å²) in [5.41, 5.74) is 7.05. The minimum absolute atomic E-state index is 0.00410. The van der Waals surface area contributed by atoms with Crippen LogP contribution in [-0.2, 0) is 0 Å². The van der Waals surface area contributed by atoms with E-state index >= 15 is 0 Å². The van der Waals surface area contributed by atoms with E-state index in [0.29, 0.717) is 17.3 Å². The number of hydrogen-bond donors (Lipinski definition) is 2. The second kappa shape index (κ2) is 5.74. The number of carbonyl (C=O) groups is 1. The van der Waals surface area contributed by atoms with Gasteiger partial charge in [0, 0.05) is 40.9 Å². The van der Waals surface area contributed by atoms with Gasteiger partial charge in [0.1, 0.15) is 0 Å². The highest BCUT2D eigenvalue weighted by molar-refractivity contribution is 9.10. The molecule has 3 N–H and O–H groups in total. The maximum absolute atomic E-state index is 12.2. The number of likely N-dealkylation sites (tertiary alicyclic amines) is 1. The predicted octanol–water partition coefficient (Wildman–Crippen LogP) is 2.39. The molecular weight excluding hydrogens is 318 g/mol. The van der Waals surface area contributed by atoms with Crippen molar-refractivity contribution in [3.05, 3.63) is 28.2 Å². The van der Waals surface area contributed by atoms with E-state index in [0.717, 1.165) is 36.4 Å². The molecule has 0 unspecified atom stereocenters. The zero-order valence-electron chi connectivity index (χ0n) is 11.4. The fourth-order valence-corrected chi connectivity index (χ4v) is 3.16. The molecule has 2 fully saturated rings. The van der Waals surface area contributed by atoms with Gasteiger partial charge < -0.3 is 16.0 Å². The van der Waals surface area contributed by atoms with Gasteiger partial charge in [0.2, 0.25) is 0 Å². The van der Waals surface area contributed by atoms with Crippen LogP contribution in [0, 0.1) is 0 Å². The molecule has 1 aromatic carbocycles. The Kier molecular flexibility index (Phi) is 3.98. The Morgan fingerprint density at radius 3 is 2.55 bits per heavy atom. The Hall–Kier alpha value is -1.07. The van der Waals surface area contributed by atoms with E-state index in [1.165, 1.54) is 12.8 Å². The van der Waals surface area contributed by atoms with E-state index in [1.54, 1.807) is 18.2 Å². The summed E-state index contributed by atoms with van der Waals surface area (Å²) >= 11 is 3.36. The lowest BCUT2D eigenvalue weighted by atomic mass is 10.0. The van der Waals surface area contributed by atoms with E-state index in [2.05, 4.69) is 26.1 Å². The van der Waals surface area contributed by atoms with E-state index in [-0.39, 0.29) is 5.91 Å². The van der Waals surface area contributed by atoms with Crippen molar-refractivity contribution >= 4 is 27.5 Å². The van der Waals surface area contributed by atoms with Gasteiger partial charge in [-0.25, -0.2) is 0 Å². The van der Waals surface area contributed by atoms with Crippen LogP contribution in [0.3, 0.4) is 0 Å². The number of amides is 1. The number of nitrogens with zero attached hydrogens (tertiary/aromatic N) is 1. The van der Waals surface area contributed by atoms with Crippen LogP contribution >= 0.6 is 15.9 Å². The molecule has 1 saturated carbocycles. The molecule has 1 saturated heterocycles. The first kappa shape index (κ1) is 13.9. The number of piperidine rings is 1. The van der Waals surface area contributed by atoms with Crippen molar-refractivity contribution in [3.63, 3.8) is 0 Å². The molecule has 4 nitrogen and oxygen atoms in total. The molecule has 0 aromatic heterocycles. The fraction of sp³-hybridized carbons (Fsp3) is 0.533. The van der Waals surface area contributed by atoms with Gasteiger partial charge in [0.25, 0.3) is 5.91 Å². The highest BCUT2D eigenvalue weighted by atomic mass is 79.9. The lowest BCUT2D eigenvalue weighted by Gasteiger charge is -2.32. The van der Waals surface area contributed by atoms with E-state index in [4.69, 9.17) is 5.73 Å². The fourth-order valence-electron chi connectivity index (χ4n) is 2.79. The molecule has 20 heavy (non-hydrogen) atoms. The highest BCUT2D eigenvalue weighted by Crippen LogP contribution is 2.29. The molecule has 0 spiro atoms. The Labute approximate surface area is 127 Å². The van der Waals surface area contributed by atoms with E-state index in [1.807, 2.05) is 0 Å². The summed E-state index contributed by atoms with van der Waals surface area (Å²) in [6.07, 6.45) is 4.82. The average molecular weight is 338 g/mol. The lowest BCUT2D eigenvalue weighted by Crippen LogP contribution is -2.45. The quantitative estimate of drug-likeness (QED) is 0.832. The Bertz CT molecular complexity index is 508. The first-order valence-electron chi connectivity index (χ1n) is 7.23. The molecule has 1 aliphatic carbocycles. The number of hydrogen-bond acceptors (Lipinski definition) is 3. The van der Waals surface area contributed by atoms with E-state index in [9.17, 15) is 4.79 Å². The molecule has 1 heterocycles. The zero-order valence-corrected chi connectivity index (χ0v) is 13.0. The summed E-state index contributed by atoms with van der Waals surface area (Å²) < 4.78 is 0.772. The zero-order chi connectivity index (χ0) is 14.1. The molecule has 5 heteroatoms. The van der Waals surface area contributed by atoms with Crippen molar-refractivity contribution in [1.82, 2.24) is 10.2 Å². The monoisotopic (exact) mass is 337 g/mol. The predicted molar refractivity (Wildman–Crippen MR) is 83.6 cm³/mol. The number of nitrogens with one attached hydrogen (secondary N) is 1. The summed E-state index contributed by atoms with van der Waals surface area (Å²) in [4.78, 5) is 14.8. The van der Waals surface area contributed by atoms with Crippen molar-refractivity contribution in [2.75, 3.05) is 18.8 Å². The molecule has 1 aromatic rings. The second-order valence-electron chi connectivity index (χ2n) is 5.75. The number of rotatable bonds is 3. The van der Waals surface area contributed by atoms with Crippen molar-refractivity contribution < 1.29 is 4.79 Å². The maximum atomic E-state index is 12.2. The van der Waals surface area contributed by atoms with Crippen LogP contribution in [0.15, 0.2) is 22.7 Å². The Balaban J connectivity index is 1.54. The molecule has 108 valence electrons. The van der Waals surface area contributed by atoms with Gasteiger partial charge in [0.05, 0.1) is 0 Å². The second-order valence-corrected chi connectivity index (χ2v) is 6.61. The van der Waals surface area contributed by atoms with Gasteiger partial charge in [0.15, 0.2) is 0 Å². The SMILES string of the molecule is Nc1ccc(C(=O)NC2CCN(C3CC3)CC2)cc1Br. The largest absolute Gasteiger partial charge is 0.398 e. The minimum atomic E-state index is -0.00410. The Morgan fingerprint density at radius 2 is 1.95 bits per heavy atom. The summed E-state index contributed by atoms with van der Waals surface area (Å²) in [6, 6.07) is 6.45. The molecule has 2 aliphatic rings. The van der Waals surface area contributed by atoms with Gasteiger partial charge in [-0.15, -0.1) is 0 Å². The van der Waals surface area contributed by atoms with Crippen LogP contribution in [0.25, 0.3) is 0 Å². The first-order chi connectivity index (χ1) is 9.63. The average Bonchev–Trinajstić information content (AvgIpc) is 3.27. The molecule has 0 radical (unpaired) electrons. The summed E-state index contributed by atoms with van der Waals surface area (Å²) in [5, 5.41) is 3.13. The van der Waals surface area contributed by atoms with Crippen molar-refractivity contribution in [3.8, 4) is 0 Å². The standard InChI is InChI=1S/C15H20BrN3O/c16-13-9-10(1-4-14(13)17)15(20)18-11-5-7-19(8-6-11)12-2-3-12/h1,4,9,11-12H,2-3,5-8,17H2,(H,18,20). The topological polar surface area (TPSA) is 58.4 Å². The number of halogens is 1. The summed E-state index contributed by atoms with van der Waals surface area (Å²) in [6.45, 7) is 2.22. The van der Waals surface area contributed by atoms with Crippen molar-refractivity contribution in [2.45, 2.75) is 37.8 Å². The van der Waals surface area contributed by atoms with Crippen LogP contribution in [0.1, 0.15) is 36.0 Å². The minimum Gasteiger partial charge on any atom is -0.398 e. The Morgan fingerprint density at radius 1 is 1.25 bits per heavy atom. The molecule has 3 rings (SSSR count). The third-order valence-corrected chi connectivity index (χ3v) is 4.88. The number of benzene rings is 1. The van der Waals surface area contributed by atoms with Gasteiger partial charge in [-0.3, -0.25) is 4.79 Å². The van der Waals surface area contributed by atoms with Gasteiger partial charge >= 0.3 is 0 Å². The van der Waals surface area contributed by atoms with Crippen LogP contribution in [0.4, 0.5) is 5.69 Å². The van der Waals surface area contributed by atoms with Crippen LogP contribution in [0.2, 0.25) is 0 Å². The third-order valence-electron chi connectivity index (χ3n) is 4.19. The molecule has 0 atom stereocenters. The van der Waals surface area contributed by atoms with Gasteiger partial charge in [-0.05, 0) is 59.8 Å². The number of nitrogens with two attached hydrogens (primary N) is 1. The van der Waals surface area contributed by atoms with Crippen molar-refractivity contribution in [1.29, 1.82) is 0 Å².